The van der Waals surface area contributed by atoms with Gasteiger partial charge in [-0.1, -0.05) is 12.1 Å². The van der Waals surface area contributed by atoms with Crippen LogP contribution < -0.4 is 4.90 Å². The van der Waals surface area contributed by atoms with E-state index in [1.165, 1.54) is 5.56 Å². The zero-order valence-corrected chi connectivity index (χ0v) is 15.2. The summed E-state index contributed by atoms with van der Waals surface area (Å²) in [4.78, 5) is 21.3. The van der Waals surface area contributed by atoms with E-state index in [0.717, 1.165) is 54.1 Å². The van der Waals surface area contributed by atoms with E-state index in [-0.39, 0.29) is 5.91 Å². The zero-order chi connectivity index (χ0) is 18.1. The average Bonchev–Trinajstić information content (AvgIpc) is 3.05. The van der Waals surface area contributed by atoms with Crippen LogP contribution in [0.1, 0.15) is 16.7 Å². The largest absolute Gasteiger partial charge is 0.464 e. The third-order valence-corrected chi connectivity index (χ3v) is 5.04. The Balaban J connectivity index is 1.44. The number of benzene rings is 1. The number of carbonyl (C=O) groups excluding carboxylic acids is 1. The van der Waals surface area contributed by atoms with Gasteiger partial charge in [0.15, 0.2) is 0 Å². The Morgan fingerprint density at radius 3 is 2.69 bits per heavy atom. The molecule has 134 valence electrons. The molecule has 1 aliphatic heterocycles. The number of aryl methyl sites for hydroxylation is 2. The van der Waals surface area contributed by atoms with Crippen molar-refractivity contribution in [2.75, 3.05) is 31.1 Å². The summed E-state index contributed by atoms with van der Waals surface area (Å²) in [5, 5.41) is 1.08. The molecule has 4 rings (SSSR count). The van der Waals surface area contributed by atoms with Crippen LogP contribution in [0.3, 0.4) is 0 Å². The van der Waals surface area contributed by atoms with E-state index >= 15 is 0 Å². The molecule has 0 radical (unpaired) electrons. The second-order valence-electron chi connectivity index (χ2n) is 6.95. The molecule has 0 atom stereocenters. The quantitative estimate of drug-likeness (QED) is 0.728. The number of furan rings is 1. The van der Waals surface area contributed by atoms with Crippen molar-refractivity contribution < 1.29 is 9.21 Å². The Kier molecular flexibility index (Phi) is 4.37. The van der Waals surface area contributed by atoms with E-state index in [1.807, 2.05) is 29.2 Å². The number of hydrogen-bond acceptors (Lipinski definition) is 4. The van der Waals surface area contributed by atoms with Crippen LogP contribution in [0.2, 0.25) is 0 Å². The van der Waals surface area contributed by atoms with E-state index in [4.69, 9.17) is 4.42 Å². The highest BCUT2D eigenvalue weighted by atomic mass is 16.3. The van der Waals surface area contributed by atoms with Gasteiger partial charge in [0.05, 0.1) is 12.7 Å². The van der Waals surface area contributed by atoms with Gasteiger partial charge in [-0.3, -0.25) is 4.79 Å². The molecular formula is C21H23N3O2. The number of amides is 1. The summed E-state index contributed by atoms with van der Waals surface area (Å²) in [6.07, 6.45) is 3.93. The van der Waals surface area contributed by atoms with Gasteiger partial charge in [-0.2, -0.15) is 0 Å². The molecule has 5 heteroatoms. The average molecular weight is 349 g/mol. The molecule has 0 unspecified atom stereocenters. The molecule has 1 aliphatic rings. The van der Waals surface area contributed by atoms with E-state index < -0.39 is 0 Å². The van der Waals surface area contributed by atoms with Gasteiger partial charge in [0.25, 0.3) is 0 Å². The lowest BCUT2D eigenvalue weighted by molar-refractivity contribution is -0.130. The van der Waals surface area contributed by atoms with Crippen LogP contribution in [0.15, 0.2) is 47.2 Å². The molecule has 1 amide bonds. The standard InChI is InChI=1S/C21H23N3O2/c1-15-11-16(2)21-17(14-26-18(21)12-15)13-20(25)24-9-7-23(8-10-24)19-5-3-4-6-22-19/h3-6,11-12,14H,7-10,13H2,1-2H3. The van der Waals surface area contributed by atoms with Gasteiger partial charge < -0.3 is 14.2 Å². The first-order valence-electron chi connectivity index (χ1n) is 9.03. The van der Waals surface area contributed by atoms with Crippen molar-refractivity contribution in [2.24, 2.45) is 0 Å². The second kappa shape index (κ2) is 6.83. The zero-order valence-electron chi connectivity index (χ0n) is 15.2. The van der Waals surface area contributed by atoms with Crippen LogP contribution in [-0.4, -0.2) is 42.0 Å². The first-order valence-corrected chi connectivity index (χ1v) is 9.03. The first kappa shape index (κ1) is 16.6. The third kappa shape index (κ3) is 3.17. The number of fused-ring (bicyclic) bond motifs is 1. The second-order valence-corrected chi connectivity index (χ2v) is 6.95. The SMILES string of the molecule is Cc1cc(C)c2c(CC(=O)N3CCN(c4ccccn4)CC3)coc2c1. The van der Waals surface area contributed by atoms with Gasteiger partial charge in [-0.25, -0.2) is 4.98 Å². The molecule has 2 aromatic heterocycles. The van der Waals surface area contributed by atoms with Crippen LogP contribution in [0.25, 0.3) is 11.0 Å². The van der Waals surface area contributed by atoms with Gasteiger partial charge in [-0.05, 0) is 43.2 Å². The molecule has 0 bridgehead atoms. The number of pyridine rings is 1. The molecule has 3 heterocycles. The first-order chi connectivity index (χ1) is 12.6. The lowest BCUT2D eigenvalue weighted by Crippen LogP contribution is -2.49. The van der Waals surface area contributed by atoms with E-state index in [2.05, 4.69) is 29.8 Å². The van der Waals surface area contributed by atoms with Crippen molar-refractivity contribution in [3.05, 3.63) is 59.5 Å². The maximum absolute atomic E-state index is 12.8. The van der Waals surface area contributed by atoms with Crippen molar-refractivity contribution in [3.63, 3.8) is 0 Å². The summed E-state index contributed by atoms with van der Waals surface area (Å²) in [6.45, 7) is 7.21. The van der Waals surface area contributed by atoms with Crippen LogP contribution in [0.4, 0.5) is 5.82 Å². The maximum atomic E-state index is 12.8. The minimum absolute atomic E-state index is 0.161. The van der Waals surface area contributed by atoms with Crippen molar-refractivity contribution in [1.29, 1.82) is 0 Å². The molecule has 0 spiro atoms. The Labute approximate surface area is 153 Å². The molecule has 26 heavy (non-hydrogen) atoms. The molecule has 3 aromatic rings. The Morgan fingerprint density at radius 1 is 1.15 bits per heavy atom. The van der Waals surface area contributed by atoms with E-state index in [9.17, 15) is 4.79 Å². The number of nitrogens with zero attached hydrogens (tertiary/aromatic N) is 3. The number of carbonyl (C=O) groups is 1. The van der Waals surface area contributed by atoms with Gasteiger partial charge >= 0.3 is 0 Å². The number of piperazine rings is 1. The molecule has 0 aliphatic carbocycles. The number of anilines is 1. The molecule has 0 N–H and O–H groups in total. The summed E-state index contributed by atoms with van der Waals surface area (Å²) in [7, 11) is 0. The molecule has 1 fully saturated rings. The fourth-order valence-corrected chi connectivity index (χ4v) is 3.76. The van der Waals surface area contributed by atoms with Crippen molar-refractivity contribution >= 4 is 22.7 Å². The fraction of sp³-hybridized carbons (Fsp3) is 0.333. The van der Waals surface area contributed by atoms with Crippen LogP contribution >= 0.6 is 0 Å². The molecular weight excluding hydrogens is 326 g/mol. The predicted molar refractivity (Wildman–Crippen MR) is 102 cm³/mol. The van der Waals surface area contributed by atoms with Gasteiger partial charge in [0.1, 0.15) is 11.4 Å². The van der Waals surface area contributed by atoms with E-state index in [1.54, 1.807) is 12.5 Å². The van der Waals surface area contributed by atoms with Crippen molar-refractivity contribution in [1.82, 2.24) is 9.88 Å². The highest BCUT2D eigenvalue weighted by Gasteiger charge is 2.23. The maximum Gasteiger partial charge on any atom is 0.227 e. The summed E-state index contributed by atoms with van der Waals surface area (Å²) < 4.78 is 5.69. The minimum atomic E-state index is 0.161. The lowest BCUT2D eigenvalue weighted by atomic mass is 10.0. The number of rotatable bonds is 3. The highest BCUT2D eigenvalue weighted by molar-refractivity contribution is 5.90. The minimum Gasteiger partial charge on any atom is -0.464 e. The van der Waals surface area contributed by atoms with Gasteiger partial charge in [0, 0.05) is 43.3 Å². The molecule has 1 aromatic carbocycles. The normalized spacial score (nSPS) is 14.8. The topological polar surface area (TPSA) is 49.6 Å². The third-order valence-electron chi connectivity index (χ3n) is 5.04. The monoisotopic (exact) mass is 349 g/mol. The Bertz CT molecular complexity index is 925. The Hall–Kier alpha value is -2.82. The summed E-state index contributed by atoms with van der Waals surface area (Å²) >= 11 is 0. The van der Waals surface area contributed by atoms with E-state index in [0.29, 0.717) is 6.42 Å². The predicted octanol–water partition coefficient (Wildman–Crippen LogP) is 3.34. The summed E-state index contributed by atoms with van der Waals surface area (Å²) in [5.74, 6) is 1.14. The van der Waals surface area contributed by atoms with Crippen molar-refractivity contribution in [2.45, 2.75) is 20.3 Å². The fourth-order valence-electron chi connectivity index (χ4n) is 3.76. The highest BCUT2D eigenvalue weighted by Crippen LogP contribution is 2.27. The summed E-state index contributed by atoms with van der Waals surface area (Å²) in [5.41, 5.74) is 4.18. The molecule has 0 saturated carbocycles. The number of aromatic nitrogens is 1. The van der Waals surface area contributed by atoms with Gasteiger partial charge in [0.2, 0.25) is 5.91 Å². The molecule has 1 saturated heterocycles. The van der Waals surface area contributed by atoms with Crippen LogP contribution in [-0.2, 0) is 11.2 Å². The van der Waals surface area contributed by atoms with Gasteiger partial charge in [-0.15, -0.1) is 0 Å². The Morgan fingerprint density at radius 2 is 1.96 bits per heavy atom. The lowest BCUT2D eigenvalue weighted by Gasteiger charge is -2.35. The van der Waals surface area contributed by atoms with Crippen molar-refractivity contribution in [3.8, 4) is 0 Å². The van der Waals surface area contributed by atoms with Crippen LogP contribution in [0, 0.1) is 13.8 Å². The molecule has 5 nitrogen and oxygen atoms in total. The summed E-state index contributed by atoms with van der Waals surface area (Å²) in [6, 6.07) is 10.1. The number of hydrogen-bond donors (Lipinski definition) is 0. The van der Waals surface area contributed by atoms with Crippen LogP contribution in [0.5, 0.6) is 0 Å². The smallest absolute Gasteiger partial charge is 0.227 e.